The number of halogens is 1. The van der Waals surface area contributed by atoms with Crippen molar-refractivity contribution in [1.82, 2.24) is 25.1 Å². The van der Waals surface area contributed by atoms with Gasteiger partial charge in [-0.1, -0.05) is 56.0 Å². The number of aromatic hydroxyl groups is 1. The number of urea groups is 1. The molecule has 10 nitrogen and oxygen atoms in total. The minimum absolute atomic E-state index is 0. The average Bonchev–Trinajstić information content (AvgIpc) is 2.98. The minimum atomic E-state index is -0.898. The third-order valence-electron chi connectivity index (χ3n) is 8.15. The Bertz CT molecular complexity index is 1490. The van der Waals surface area contributed by atoms with Crippen LogP contribution in [0.1, 0.15) is 37.1 Å². The zero-order chi connectivity index (χ0) is 30.8. The van der Waals surface area contributed by atoms with E-state index in [-0.39, 0.29) is 50.3 Å². The highest BCUT2D eigenvalue weighted by molar-refractivity contribution is 5.92. The van der Waals surface area contributed by atoms with Crippen LogP contribution < -0.4 is 10.2 Å². The zero-order valence-corrected chi connectivity index (χ0v) is 24.8. The van der Waals surface area contributed by atoms with Gasteiger partial charge in [-0.2, -0.15) is 0 Å². The van der Waals surface area contributed by atoms with Crippen molar-refractivity contribution in [2.75, 3.05) is 39.1 Å². The van der Waals surface area contributed by atoms with E-state index in [4.69, 9.17) is 0 Å². The number of hydrogen-bond donors (Lipinski definition) is 2. The van der Waals surface area contributed by atoms with Crippen LogP contribution in [-0.2, 0) is 22.6 Å². The van der Waals surface area contributed by atoms with Gasteiger partial charge >= 0.3 is 6.03 Å². The number of carbonyl (C=O) groups excluding carboxylic acids is 3. The highest BCUT2D eigenvalue weighted by atomic mass is 19.1. The number of benzene rings is 3. The first-order valence-electron chi connectivity index (χ1n) is 14.2. The van der Waals surface area contributed by atoms with E-state index < -0.39 is 24.3 Å². The maximum atomic E-state index is 14.5. The first-order valence-corrected chi connectivity index (χ1v) is 14.2. The van der Waals surface area contributed by atoms with Gasteiger partial charge in [0.2, 0.25) is 11.8 Å². The Kier molecular flexibility index (Phi) is 9.78. The summed E-state index contributed by atoms with van der Waals surface area (Å²) in [6, 6.07) is 19.0. The van der Waals surface area contributed by atoms with Crippen molar-refractivity contribution in [3.8, 4) is 5.75 Å². The number of piperazine rings is 1. The lowest BCUT2D eigenvalue weighted by molar-refractivity contribution is -0.189. The van der Waals surface area contributed by atoms with Crippen molar-refractivity contribution in [2.24, 2.45) is 0 Å². The number of nitrogens with zero attached hydrogens (tertiary/aromatic N) is 5. The Labute approximate surface area is 258 Å². The molecule has 4 amide bonds. The van der Waals surface area contributed by atoms with Gasteiger partial charge in [-0.3, -0.25) is 9.59 Å². The summed E-state index contributed by atoms with van der Waals surface area (Å²) in [5.41, 5.74) is 2.81. The molecular formula is C33H41FN6O4. The summed E-state index contributed by atoms with van der Waals surface area (Å²) in [5, 5.41) is 15.9. The molecular weight excluding hydrogens is 563 g/mol. The number of hydrogen-bond acceptors (Lipinski definition) is 6. The topological polar surface area (TPSA) is 99.7 Å². The van der Waals surface area contributed by atoms with E-state index >= 15 is 0 Å². The van der Waals surface area contributed by atoms with Gasteiger partial charge in [-0.05, 0) is 47.9 Å². The van der Waals surface area contributed by atoms with Gasteiger partial charge in [0, 0.05) is 34.1 Å². The van der Waals surface area contributed by atoms with Crippen LogP contribution in [0.4, 0.5) is 14.9 Å². The smallest absolute Gasteiger partial charge is 0.334 e. The molecule has 0 spiro atoms. The Hall–Kier alpha value is -4.64. The number of fused-ring (bicyclic) bond motifs is 1. The number of carbonyl (C=O) groups is 3. The molecule has 0 unspecified atom stereocenters. The standard InChI is InChI=1S/C32H37FN6O4.CH4/c1-21(24-12-15-26(33)27(17-24)35(2)3)37-19-29-38(28(31(37)42)16-22-10-13-25(40)14-11-22)30(41)20-36(4)39(29)32(43)34-18-23-8-6-5-7-9-23;/h5-15,17,21,28-29,40H,16,18-20H2,1-4H3,(H,34,43);1H4/t21-,28+,29+;/m1./s1. The third kappa shape index (κ3) is 6.47. The fourth-order valence-electron chi connectivity index (χ4n) is 5.84. The van der Waals surface area contributed by atoms with Gasteiger partial charge in [0.1, 0.15) is 23.8 Å². The maximum Gasteiger partial charge on any atom is 0.334 e. The fourth-order valence-corrected chi connectivity index (χ4v) is 5.84. The van der Waals surface area contributed by atoms with E-state index in [1.807, 2.05) is 37.3 Å². The van der Waals surface area contributed by atoms with E-state index in [1.54, 1.807) is 60.2 Å². The van der Waals surface area contributed by atoms with Crippen molar-refractivity contribution in [3.05, 3.63) is 95.3 Å². The highest BCUT2D eigenvalue weighted by Gasteiger charge is 2.51. The molecule has 3 aromatic rings. The van der Waals surface area contributed by atoms with Gasteiger partial charge in [-0.15, -0.1) is 0 Å². The molecule has 2 heterocycles. The number of amides is 4. The quantitative estimate of drug-likeness (QED) is 0.424. The Morgan fingerprint density at radius 1 is 1.05 bits per heavy atom. The molecule has 234 valence electrons. The summed E-state index contributed by atoms with van der Waals surface area (Å²) in [6.07, 6.45) is -0.585. The Morgan fingerprint density at radius 2 is 1.73 bits per heavy atom. The molecule has 11 heteroatoms. The monoisotopic (exact) mass is 604 g/mol. The van der Waals surface area contributed by atoms with Crippen molar-refractivity contribution in [1.29, 1.82) is 0 Å². The third-order valence-corrected chi connectivity index (χ3v) is 8.15. The van der Waals surface area contributed by atoms with Crippen LogP contribution in [0.5, 0.6) is 5.75 Å². The normalized spacial score (nSPS) is 19.2. The molecule has 3 aromatic carbocycles. The van der Waals surface area contributed by atoms with Crippen LogP contribution in [0, 0.1) is 5.82 Å². The second kappa shape index (κ2) is 13.3. The molecule has 2 aliphatic heterocycles. The summed E-state index contributed by atoms with van der Waals surface area (Å²) >= 11 is 0. The SMILES string of the molecule is C.C[C@H](c1ccc(F)c(N(C)C)c1)N1C[C@H]2N(C(=O)CN(C)N2C(=O)NCc2ccccc2)[C@@H](Cc2ccc(O)cc2)C1=O. The summed E-state index contributed by atoms with van der Waals surface area (Å²) < 4.78 is 14.5. The van der Waals surface area contributed by atoms with E-state index in [2.05, 4.69) is 5.32 Å². The van der Waals surface area contributed by atoms with Crippen LogP contribution in [0.25, 0.3) is 0 Å². The predicted molar refractivity (Wildman–Crippen MR) is 167 cm³/mol. The van der Waals surface area contributed by atoms with Gasteiger partial charge < -0.3 is 25.1 Å². The summed E-state index contributed by atoms with van der Waals surface area (Å²) in [4.78, 5) is 46.3. The number of nitrogens with one attached hydrogen (secondary N) is 1. The first kappa shape index (κ1) is 32.3. The zero-order valence-electron chi connectivity index (χ0n) is 24.8. The molecule has 44 heavy (non-hydrogen) atoms. The van der Waals surface area contributed by atoms with Crippen LogP contribution in [0.15, 0.2) is 72.8 Å². The van der Waals surface area contributed by atoms with Crippen LogP contribution in [0.2, 0.25) is 0 Å². The molecule has 3 atom stereocenters. The second-order valence-electron chi connectivity index (χ2n) is 11.2. The average molecular weight is 605 g/mol. The number of rotatable bonds is 7. The van der Waals surface area contributed by atoms with Gasteiger partial charge in [-0.25, -0.2) is 19.2 Å². The number of anilines is 1. The summed E-state index contributed by atoms with van der Waals surface area (Å²) in [6.45, 7) is 2.15. The van der Waals surface area contributed by atoms with Gasteiger partial charge in [0.05, 0.1) is 24.8 Å². The second-order valence-corrected chi connectivity index (χ2v) is 11.2. The lowest BCUT2D eigenvalue weighted by Crippen LogP contribution is -2.76. The minimum Gasteiger partial charge on any atom is -0.508 e. The van der Waals surface area contributed by atoms with E-state index in [0.717, 1.165) is 16.7 Å². The summed E-state index contributed by atoms with van der Waals surface area (Å²) in [5.74, 6) is -0.810. The Balaban J connectivity index is 0.00000442. The predicted octanol–water partition coefficient (Wildman–Crippen LogP) is 3.97. The largest absolute Gasteiger partial charge is 0.508 e. The molecule has 0 radical (unpaired) electrons. The molecule has 2 saturated heterocycles. The van der Waals surface area contributed by atoms with Gasteiger partial charge in [0.25, 0.3) is 0 Å². The van der Waals surface area contributed by atoms with Crippen LogP contribution in [0.3, 0.4) is 0 Å². The lowest BCUT2D eigenvalue weighted by Gasteiger charge is -2.55. The van der Waals surface area contributed by atoms with Crippen LogP contribution in [-0.4, -0.2) is 89.2 Å². The fraction of sp³-hybridized carbons (Fsp3) is 0.364. The number of hydrazine groups is 1. The highest BCUT2D eigenvalue weighted by Crippen LogP contribution is 2.34. The van der Waals surface area contributed by atoms with Crippen molar-refractivity contribution in [3.63, 3.8) is 0 Å². The number of phenolic OH excluding ortho intramolecular Hbond substituents is 1. The maximum absolute atomic E-state index is 14.5. The number of phenols is 1. The van der Waals surface area contributed by atoms with Crippen molar-refractivity contribution < 1.29 is 23.9 Å². The van der Waals surface area contributed by atoms with E-state index in [0.29, 0.717) is 12.2 Å². The van der Waals surface area contributed by atoms with Crippen LogP contribution >= 0.6 is 0 Å². The van der Waals surface area contributed by atoms with Crippen molar-refractivity contribution in [2.45, 2.75) is 45.6 Å². The Morgan fingerprint density at radius 3 is 2.39 bits per heavy atom. The first-order chi connectivity index (χ1) is 20.5. The molecule has 2 aliphatic rings. The molecule has 2 N–H and O–H groups in total. The molecule has 0 aliphatic carbocycles. The molecule has 0 aromatic heterocycles. The van der Waals surface area contributed by atoms with E-state index in [1.165, 1.54) is 28.1 Å². The van der Waals surface area contributed by atoms with E-state index in [9.17, 15) is 23.9 Å². The number of likely N-dealkylation sites (N-methyl/N-ethyl adjacent to an activating group) is 1. The molecule has 0 bridgehead atoms. The molecule has 5 rings (SSSR count). The molecule has 0 saturated carbocycles. The van der Waals surface area contributed by atoms with Gasteiger partial charge in [0.15, 0.2) is 0 Å². The summed E-state index contributed by atoms with van der Waals surface area (Å²) in [7, 11) is 5.18. The van der Waals surface area contributed by atoms with Crippen molar-refractivity contribution >= 4 is 23.5 Å². The lowest BCUT2D eigenvalue weighted by atomic mass is 9.96. The molecule has 2 fully saturated rings.